The normalized spacial score (nSPS) is 16.9. The van der Waals surface area contributed by atoms with Gasteiger partial charge in [0, 0.05) is 30.4 Å². The molecule has 0 N–H and O–H groups in total. The third-order valence-corrected chi connectivity index (χ3v) is 7.75. The summed E-state index contributed by atoms with van der Waals surface area (Å²) >= 11 is 0. The van der Waals surface area contributed by atoms with Gasteiger partial charge in [-0.3, -0.25) is 0 Å². The topological polar surface area (TPSA) is 17.4 Å². The van der Waals surface area contributed by atoms with Crippen molar-refractivity contribution in [3.05, 3.63) is 102 Å². The van der Waals surface area contributed by atoms with Crippen LogP contribution >= 0.6 is 17.0 Å². The minimum atomic E-state index is -0.201. The Bertz CT molecular complexity index is 1290. The number of unbranched alkanes of at least 4 members (excludes halogenated alkanes) is 1. The van der Waals surface area contributed by atoms with E-state index in [0.29, 0.717) is 0 Å². The molecule has 182 valence electrons. The summed E-state index contributed by atoms with van der Waals surface area (Å²) in [5.74, 6) is -0.201. The minimum absolute atomic E-state index is 0. The molecular formula is C30H32BrFN2O. The van der Waals surface area contributed by atoms with Gasteiger partial charge in [-0.25, -0.2) is 4.39 Å². The lowest BCUT2D eigenvalue weighted by atomic mass is 9.84. The number of halogens is 2. The zero-order valence-corrected chi connectivity index (χ0v) is 21.7. The van der Waals surface area contributed by atoms with Crippen molar-refractivity contribution in [3.8, 4) is 5.69 Å². The number of ether oxygens (including phenoxy) is 1. The Hall–Kier alpha value is -2.47. The summed E-state index contributed by atoms with van der Waals surface area (Å²) < 4.78 is 21.9. The first-order valence-electron chi connectivity index (χ1n) is 12.5. The standard InChI is InChI=1S/C30H31FN2O.BrH/c31-25-12-14-26(15-13-25)33-21-23(27-9-2-4-11-29(27)33)7-5-6-18-32-19-16-30(17-20-32)28-10-3-1-8-24(28)22-34-30;/h1-4,8-15,21H,5-7,16-20,22H2;1H. The number of likely N-dealkylation sites (tertiary alicyclic amines) is 1. The molecule has 0 unspecified atom stereocenters. The van der Waals surface area contributed by atoms with Crippen molar-refractivity contribution in [3.63, 3.8) is 0 Å². The molecule has 2 aliphatic heterocycles. The highest BCUT2D eigenvalue weighted by Gasteiger charge is 2.42. The molecule has 1 spiro atoms. The zero-order valence-electron chi connectivity index (χ0n) is 20.0. The number of benzene rings is 3. The van der Waals surface area contributed by atoms with Crippen LogP contribution in [0.15, 0.2) is 79.0 Å². The fraction of sp³-hybridized carbons (Fsp3) is 0.333. The summed E-state index contributed by atoms with van der Waals surface area (Å²) in [4.78, 5) is 2.61. The van der Waals surface area contributed by atoms with Crippen LogP contribution in [0.4, 0.5) is 4.39 Å². The molecule has 0 aliphatic carbocycles. The van der Waals surface area contributed by atoms with E-state index in [4.69, 9.17) is 4.74 Å². The number of hydrogen-bond donors (Lipinski definition) is 0. The van der Waals surface area contributed by atoms with Gasteiger partial charge in [-0.1, -0.05) is 42.5 Å². The molecule has 1 saturated heterocycles. The summed E-state index contributed by atoms with van der Waals surface area (Å²) in [6, 6.07) is 24.0. The average Bonchev–Trinajstić information content (AvgIpc) is 3.43. The Morgan fingerprint density at radius 3 is 2.43 bits per heavy atom. The van der Waals surface area contributed by atoms with E-state index in [1.807, 2.05) is 12.1 Å². The summed E-state index contributed by atoms with van der Waals surface area (Å²) in [5, 5.41) is 1.30. The van der Waals surface area contributed by atoms with Crippen molar-refractivity contribution >= 4 is 27.9 Å². The summed E-state index contributed by atoms with van der Waals surface area (Å²) in [6.45, 7) is 4.13. The van der Waals surface area contributed by atoms with Crippen LogP contribution < -0.4 is 0 Å². The molecule has 0 bridgehead atoms. The van der Waals surface area contributed by atoms with Crippen LogP contribution in [-0.4, -0.2) is 29.1 Å². The highest BCUT2D eigenvalue weighted by Crippen LogP contribution is 2.44. The maximum atomic E-state index is 13.4. The Labute approximate surface area is 217 Å². The van der Waals surface area contributed by atoms with Gasteiger partial charge < -0.3 is 14.2 Å². The molecule has 1 aromatic heterocycles. The van der Waals surface area contributed by atoms with Crippen molar-refractivity contribution < 1.29 is 9.13 Å². The van der Waals surface area contributed by atoms with Gasteiger partial charge in [0.1, 0.15) is 5.82 Å². The quantitative estimate of drug-likeness (QED) is 0.243. The fourth-order valence-electron chi connectivity index (χ4n) is 5.85. The predicted molar refractivity (Wildman–Crippen MR) is 145 cm³/mol. The van der Waals surface area contributed by atoms with Gasteiger partial charge in [0.15, 0.2) is 0 Å². The largest absolute Gasteiger partial charge is 0.365 e. The molecule has 0 radical (unpaired) electrons. The predicted octanol–water partition coefficient (Wildman–Crippen LogP) is 7.19. The molecular weight excluding hydrogens is 503 g/mol. The van der Waals surface area contributed by atoms with E-state index >= 15 is 0 Å². The van der Waals surface area contributed by atoms with Crippen LogP contribution in [0.25, 0.3) is 16.6 Å². The lowest BCUT2D eigenvalue weighted by Crippen LogP contribution is -2.42. The second-order valence-corrected chi connectivity index (χ2v) is 9.76. The van der Waals surface area contributed by atoms with Crippen LogP contribution in [0, 0.1) is 5.82 Å². The molecule has 0 amide bonds. The second kappa shape index (κ2) is 10.3. The van der Waals surface area contributed by atoms with Crippen molar-refractivity contribution in [2.24, 2.45) is 0 Å². The SMILES string of the molecule is Br.Fc1ccc(-n2cc(CCCCN3CCC4(CC3)OCc3ccccc34)c3ccccc32)cc1. The van der Waals surface area contributed by atoms with Gasteiger partial charge in [-0.05, 0) is 85.7 Å². The van der Waals surface area contributed by atoms with Crippen molar-refractivity contribution in [2.45, 2.75) is 44.3 Å². The maximum absolute atomic E-state index is 13.4. The van der Waals surface area contributed by atoms with E-state index < -0.39 is 0 Å². The van der Waals surface area contributed by atoms with Gasteiger partial charge in [0.05, 0.1) is 17.7 Å². The van der Waals surface area contributed by atoms with E-state index in [2.05, 4.69) is 64.2 Å². The van der Waals surface area contributed by atoms with Crippen LogP contribution in [0.2, 0.25) is 0 Å². The second-order valence-electron chi connectivity index (χ2n) is 9.76. The third kappa shape index (κ3) is 4.69. The number of para-hydroxylation sites is 1. The highest BCUT2D eigenvalue weighted by atomic mass is 79.9. The smallest absolute Gasteiger partial charge is 0.123 e. The van der Waals surface area contributed by atoms with Gasteiger partial charge in [-0.15, -0.1) is 17.0 Å². The zero-order chi connectivity index (χ0) is 23.0. The van der Waals surface area contributed by atoms with Gasteiger partial charge >= 0.3 is 0 Å². The van der Waals surface area contributed by atoms with E-state index in [9.17, 15) is 4.39 Å². The summed E-state index contributed by atoms with van der Waals surface area (Å²) in [7, 11) is 0. The lowest BCUT2D eigenvalue weighted by molar-refractivity contribution is -0.0788. The molecule has 0 saturated carbocycles. The first-order chi connectivity index (χ1) is 16.7. The van der Waals surface area contributed by atoms with Gasteiger partial charge in [-0.2, -0.15) is 0 Å². The molecule has 3 aromatic carbocycles. The molecule has 3 heterocycles. The Morgan fingerprint density at radius 1 is 0.857 bits per heavy atom. The third-order valence-electron chi connectivity index (χ3n) is 7.75. The van der Waals surface area contributed by atoms with Crippen LogP contribution in [0.5, 0.6) is 0 Å². The van der Waals surface area contributed by atoms with E-state index in [-0.39, 0.29) is 28.4 Å². The van der Waals surface area contributed by atoms with Crippen molar-refractivity contribution in [1.82, 2.24) is 9.47 Å². The molecule has 1 fully saturated rings. The Morgan fingerprint density at radius 2 is 1.60 bits per heavy atom. The van der Waals surface area contributed by atoms with Crippen molar-refractivity contribution in [2.75, 3.05) is 19.6 Å². The summed E-state index contributed by atoms with van der Waals surface area (Å²) in [6.07, 6.45) is 7.84. The summed E-state index contributed by atoms with van der Waals surface area (Å²) in [5.41, 5.74) is 6.30. The maximum Gasteiger partial charge on any atom is 0.123 e. The molecule has 2 aliphatic rings. The average molecular weight is 536 g/mol. The van der Waals surface area contributed by atoms with E-state index in [0.717, 1.165) is 51.2 Å². The fourth-order valence-corrected chi connectivity index (χ4v) is 5.85. The Balaban J connectivity index is 0.00000253. The van der Waals surface area contributed by atoms with Gasteiger partial charge in [0.25, 0.3) is 0 Å². The number of fused-ring (bicyclic) bond motifs is 3. The number of nitrogens with zero attached hydrogens (tertiary/aromatic N) is 2. The molecule has 4 aromatic rings. The number of aromatic nitrogens is 1. The van der Waals surface area contributed by atoms with Crippen molar-refractivity contribution in [1.29, 1.82) is 0 Å². The Kier molecular flexibility index (Phi) is 7.10. The highest BCUT2D eigenvalue weighted by molar-refractivity contribution is 8.93. The number of rotatable bonds is 6. The minimum Gasteiger partial charge on any atom is -0.365 e. The van der Waals surface area contributed by atoms with E-state index in [1.165, 1.54) is 52.6 Å². The lowest BCUT2D eigenvalue weighted by Gasteiger charge is -2.39. The number of hydrogen-bond acceptors (Lipinski definition) is 2. The molecule has 0 atom stereocenters. The first kappa shape index (κ1) is 24.2. The van der Waals surface area contributed by atoms with Crippen LogP contribution in [0.3, 0.4) is 0 Å². The van der Waals surface area contributed by atoms with Gasteiger partial charge in [0.2, 0.25) is 0 Å². The molecule has 35 heavy (non-hydrogen) atoms. The van der Waals surface area contributed by atoms with Crippen LogP contribution in [0.1, 0.15) is 42.4 Å². The number of piperidine rings is 1. The molecule has 5 heteroatoms. The monoisotopic (exact) mass is 534 g/mol. The van der Waals surface area contributed by atoms with Crippen LogP contribution in [-0.2, 0) is 23.4 Å². The molecule has 6 rings (SSSR count). The molecule has 3 nitrogen and oxygen atoms in total. The number of aryl methyl sites for hydroxylation is 1. The van der Waals surface area contributed by atoms with E-state index in [1.54, 1.807) is 0 Å². The first-order valence-corrected chi connectivity index (χ1v) is 12.5.